The van der Waals surface area contributed by atoms with Crippen molar-refractivity contribution in [1.29, 1.82) is 0 Å². The standard InChI is InChI=1S/C11H21NO/c1-9(2)4-3-5-10(13)11(8-12)6-7-11/h9H,3-8,12H2,1-2H3. The molecule has 1 aliphatic rings. The van der Waals surface area contributed by atoms with Crippen LogP contribution in [0.1, 0.15) is 46.0 Å². The Bertz CT molecular complexity index is 183. The summed E-state index contributed by atoms with van der Waals surface area (Å²) in [6, 6.07) is 0. The van der Waals surface area contributed by atoms with Crippen LogP contribution in [0.2, 0.25) is 0 Å². The monoisotopic (exact) mass is 183 g/mol. The third kappa shape index (κ3) is 2.80. The largest absolute Gasteiger partial charge is 0.329 e. The van der Waals surface area contributed by atoms with E-state index in [2.05, 4.69) is 13.8 Å². The topological polar surface area (TPSA) is 43.1 Å². The first-order valence-electron chi connectivity index (χ1n) is 5.34. The normalized spacial score (nSPS) is 19.1. The lowest BCUT2D eigenvalue weighted by Crippen LogP contribution is -2.25. The van der Waals surface area contributed by atoms with Gasteiger partial charge in [0.25, 0.3) is 0 Å². The van der Waals surface area contributed by atoms with Gasteiger partial charge >= 0.3 is 0 Å². The molecule has 0 aromatic carbocycles. The van der Waals surface area contributed by atoms with Gasteiger partial charge in [-0.15, -0.1) is 0 Å². The first-order valence-corrected chi connectivity index (χ1v) is 5.34. The zero-order valence-corrected chi connectivity index (χ0v) is 8.81. The van der Waals surface area contributed by atoms with Crippen molar-refractivity contribution in [1.82, 2.24) is 0 Å². The van der Waals surface area contributed by atoms with E-state index in [4.69, 9.17) is 5.73 Å². The van der Waals surface area contributed by atoms with Gasteiger partial charge in [0.15, 0.2) is 0 Å². The lowest BCUT2D eigenvalue weighted by molar-refractivity contribution is -0.123. The highest BCUT2D eigenvalue weighted by Gasteiger charge is 2.47. The number of carbonyl (C=O) groups excluding carboxylic acids is 1. The second-order valence-electron chi connectivity index (χ2n) is 4.69. The first-order chi connectivity index (χ1) is 6.10. The summed E-state index contributed by atoms with van der Waals surface area (Å²) in [4.78, 5) is 11.7. The van der Waals surface area contributed by atoms with Crippen LogP contribution in [0.15, 0.2) is 0 Å². The summed E-state index contributed by atoms with van der Waals surface area (Å²) in [5.41, 5.74) is 5.51. The van der Waals surface area contributed by atoms with Gasteiger partial charge < -0.3 is 5.73 Å². The molecule has 0 spiro atoms. The summed E-state index contributed by atoms with van der Waals surface area (Å²) < 4.78 is 0. The molecular formula is C11H21NO. The third-order valence-electron chi connectivity index (χ3n) is 3.02. The molecule has 1 rings (SSSR count). The van der Waals surface area contributed by atoms with Crippen LogP contribution in [-0.2, 0) is 4.79 Å². The minimum atomic E-state index is -0.0724. The van der Waals surface area contributed by atoms with Gasteiger partial charge in [0.1, 0.15) is 5.78 Å². The summed E-state index contributed by atoms with van der Waals surface area (Å²) >= 11 is 0. The number of hydrogen-bond donors (Lipinski definition) is 1. The molecule has 76 valence electrons. The smallest absolute Gasteiger partial charge is 0.140 e. The zero-order chi connectivity index (χ0) is 9.90. The van der Waals surface area contributed by atoms with E-state index >= 15 is 0 Å². The molecular weight excluding hydrogens is 162 g/mol. The number of nitrogens with two attached hydrogens (primary N) is 1. The van der Waals surface area contributed by atoms with Gasteiger partial charge in [0, 0.05) is 18.4 Å². The fourth-order valence-electron chi connectivity index (χ4n) is 1.68. The van der Waals surface area contributed by atoms with Crippen LogP contribution in [-0.4, -0.2) is 12.3 Å². The average Bonchev–Trinajstić information content (AvgIpc) is 2.83. The van der Waals surface area contributed by atoms with Crippen molar-refractivity contribution in [2.24, 2.45) is 17.1 Å². The van der Waals surface area contributed by atoms with Gasteiger partial charge in [0.2, 0.25) is 0 Å². The fourth-order valence-corrected chi connectivity index (χ4v) is 1.68. The molecule has 0 unspecified atom stereocenters. The van der Waals surface area contributed by atoms with E-state index in [9.17, 15) is 4.79 Å². The van der Waals surface area contributed by atoms with Crippen LogP contribution in [0.4, 0.5) is 0 Å². The Labute approximate surface area is 80.9 Å². The van der Waals surface area contributed by atoms with Gasteiger partial charge in [-0.2, -0.15) is 0 Å². The molecule has 13 heavy (non-hydrogen) atoms. The zero-order valence-electron chi connectivity index (χ0n) is 8.81. The molecule has 0 heterocycles. The Kier molecular flexibility index (Phi) is 3.48. The highest BCUT2D eigenvalue weighted by molar-refractivity contribution is 5.87. The van der Waals surface area contributed by atoms with E-state index in [1.807, 2.05) is 0 Å². The molecule has 0 amide bonds. The number of carbonyl (C=O) groups is 1. The molecule has 0 radical (unpaired) electrons. The lowest BCUT2D eigenvalue weighted by atomic mass is 9.95. The molecule has 1 fully saturated rings. The van der Waals surface area contributed by atoms with Gasteiger partial charge in [0.05, 0.1) is 0 Å². The van der Waals surface area contributed by atoms with Crippen molar-refractivity contribution in [3.05, 3.63) is 0 Å². The van der Waals surface area contributed by atoms with Gasteiger partial charge in [-0.05, 0) is 25.2 Å². The molecule has 0 aromatic heterocycles. The van der Waals surface area contributed by atoms with Crippen LogP contribution in [0.5, 0.6) is 0 Å². The maximum atomic E-state index is 11.7. The van der Waals surface area contributed by atoms with E-state index in [-0.39, 0.29) is 5.41 Å². The van der Waals surface area contributed by atoms with Crippen molar-refractivity contribution in [2.75, 3.05) is 6.54 Å². The molecule has 0 atom stereocenters. The summed E-state index contributed by atoms with van der Waals surface area (Å²) in [5.74, 6) is 1.12. The summed E-state index contributed by atoms with van der Waals surface area (Å²) in [6.07, 6.45) is 5.01. The Morgan fingerprint density at radius 2 is 2.08 bits per heavy atom. The van der Waals surface area contributed by atoms with Gasteiger partial charge in [-0.25, -0.2) is 0 Å². The number of Topliss-reactive ketones (excluding diaryl/α,β-unsaturated/α-hetero) is 1. The Hall–Kier alpha value is -0.370. The van der Waals surface area contributed by atoms with E-state index in [1.165, 1.54) is 0 Å². The first kappa shape index (κ1) is 10.7. The summed E-state index contributed by atoms with van der Waals surface area (Å²) in [6.45, 7) is 4.95. The molecule has 2 N–H and O–H groups in total. The van der Waals surface area contributed by atoms with Crippen LogP contribution < -0.4 is 5.73 Å². The van der Waals surface area contributed by atoms with Crippen LogP contribution in [0, 0.1) is 11.3 Å². The predicted molar refractivity (Wildman–Crippen MR) is 54.4 cm³/mol. The van der Waals surface area contributed by atoms with Crippen molar-refractivity contribution in [2.45, 2.75) is 46.0 Å². The number of hydrogen-bond acceptors (Lipinski definition) is 2. The number of ketones is 1. The third-order valence-corrected chi connectivity index (χ3v) is 3.02. The quantitative estimate of drug-likeness (QED) is 0.685. The molecule has 0 aromatic rings. The second kappa shape index (κ2) is 4.23. The number of rotatable bonds is 6. The highest BCUT2D eigenvalue weighted by Crippen LogP contribution is 2.46. The highest BCUT2D eigenvalue weighted by atomic mass is 16.1. The molecule has 0 saturated heterocycles. The van der Waals surface area contributed by atoms with E-state index < -0.39 is 0 Å². The van der Waals surface area contributed by atoms with E-state index in [0.29, 0.717) is 18.2 Å². The van der Waals surface area contributed by atoms with E-state index in [0.717, 1.165) is 32.1 Å². The minimum absolute atomic E-state index is 0.0724. The summed E-state index contributed by atoms with van der Waals surface area (Å²) in [5, 5.41) is 0. The van der Waals surface area contributed by atoms with Crippen molar-refractivity contribution in [3.8, 4) is 0 Å². The van der Waals surface area contributed by atoms with Crippen molar-refractivity contribution < 1.29 is 4.79 Å². The molecule has 2 heteroatoms. The molecule has 0 bridgehead atoms. The Morgan fingerprint density at radius 1 is 1.46 bits per heavy atom. The maximum Gasteiger partial charge on any atom is 0.140 e. The molecule has 2 nitrogen and oxygen atoms in total. The second-order valence-corrected chi connectivity index (χ2v) is 4.69. The molecule has 1 aliphatic carbocycles. The van der Waals surface area contributed by atoms with E-state index in [1.54, 1.807) is 0 Å². The van der Waals surface area contributed by atoms with Crippen LogP contribution in [0.25, 0.3) is 0 Å². The molecule has 1 saturated carbocycles. The fraction of sp³-hybridized carbons (Fsp3) is 0.909. The van der Waals surface area contributed by atoms with Gasteiger partial charge in [-0.3, -0.25) is 4.79 Å². The van der Waals surface area contributed by atoms with Crippen molar-refractivity contribution in [3.63, 3.8) is 0 Å². The minimum Gasteiger partial charge on any atom is -0.329 e. The Morgan fingerprint density at radius 3 is 2.46 bits per heavy atom. The lowest BCUT2D eigenvalue weighted by Gasteiger charge is -2.11. The van der Waals surface area contributed by atoms with Gasteiger partial charge in [-0.1, -0.05) is 20.3 Å². The average molecular weight is 183 g/mol. The predicted octanol–water partition coefficient (Wildman–Crippen LogP) is 2.12. The Balaban J connectivity index is 2.18. The molecule has 0 aliphatic heterocycles. The SMILES string of the molecule is CC(C)CCCC(=O)C1(CN)CC1. The maximum absolute atomic E-state index is 11.7. The van der Waals surface area contributed by atoms with Crippen LogP contribution >= 0.6 is 0 Å². The van der Waals surface area contributed by atoms with Crippen LogP contribution in [0.3, 0.4) is 0 Å². The summed E-state index contributed by atoms with van der Waals surface area (Å²) in [7, 11) is 0. The van der Waals surface area contributed by atoms with Crippen molar-refractivity contribution >= 4 is 5.78 Å².